The molecule has 0 amide bonds. The van der Waals surface area contributed by atoms with Gasteiger partial charge in [-0.15, -0.1) is 0 Å². The van der Waals surface area contributed by atoms with E-state index in [9.17, 15) is 4.79 Å². The third kappa shape index (κ3) is 2.99. The Kier molecular flexibility index (Phi) is 4.54. The van der Waals surface area contributed by atoms with Crippen LogP contribution in [0.4, 0.5) is 0 Å². The fraction of sp³-hybridized carbons (Fsp3) is 0.500. The second-order valence-corrected chi connectivity index (χ2v) is 5.60. The molecule has 1 heterocycles. The standard InChI is InChI=1S/C14H18BrNO2/c1-10-13(7-8-18-10)16(2)9-14(17)11-5-3-4-6-12(11)15/h3-6,10,13H,7-9H2,1-2H3. The van der Waals surface area contributed by atoms with Crippen molar-refractivity contribution in [2.75, 3.05) is 20.2 Å². The third-order valence-corrected chi connectivity index (χ3v) is 4.16. The molecule has 4 heteroatoms. The highest BCUT2D eigenvalue weighted by Gasteiger charge is 2.29. The predicted octanol–water partition coefficient (Wildman–Crippen LogP) is 2.74. The number of nitrogens with zero attached hydrogens (tertiary/aromatic N) is 1. The molecular formula is C14H18BrNO2. The lowest BCUT2D eigenvalue weighted by Crippen LogP contribution is -2.39. The van der Waals surface area contributed by atoms with Crippen molar-refractivity contribution in [2.24, 2.45) is 0 Å². The summed E-state index contributed by atoms with van der Waals surface area (Å²) >= 11 is 3.42. The number of rotatable bonds is 4. The van der Waals surface area contributed by atoms with E-state index in [1.54, 1.807) is 0 Å². The maximum atomic E-state index is 12.2. The minimum absolute atomic E-state index is 0.143. The molecule has 0 spiro atoms. The lowest BCUT2D eigenvalue weighted by Gasteiger charge is -2.25. The Labute approximate surface area is 116 Å². The van der Waals surface area contributed by atoms with Gasteiger partial charge in [0.15, 0.2) is 5.78 Å². The molecule has 1 aliphatic rings. The topological polar surface area (TPSA) is 29.5 Å². The van der Waals surface area contributed by atoms with E-state index in [2.05, 4.69) is 27.8 Å². The van der Waals surface area contributed by atoms with Crippen LogP contribution in [0.25, 0.3) is 0 Å². The molecule has 1 aromatic carbocycles. The summed E-state index contributed by atoms with van der Waals surface area (Å²) in [7, 11) is 1.99. The molecule has 1 fully saturated rings. The Balaban J connectivity index is 2.01. The average molecular weight is 312 g/mol. The van der Waals surface area contributed by atoms with Gasteiger partial charge in [0.05, 0.1) is 12.6 Å². The molecule has 1 aromatic rings. The Morgan fingerprint density at radius 1 is 1.50 bits per heavy atom. The fourth-order valence-electron chi connectivity index (χ4n) is 2.42. The highest BCUT2D eigenvalue weighted by molar-refractivity contribution is 9.10. The van der Waals surface area contributed by atoms with Crippen LogP contribution in [0, 0.1) is 0 Å². The van der Waals surface area contributed by atoms with Gasteiger partial charge in [0.25, 0.3) is 0 Å². The van der Waals surface area contributed by atoms with E-state index in [0.29, 0.717) is 12.6 Å². The molecule has 0 aromatic heterocycles. The minimum Gasteiger partial charge on any atom is -0.377 e. The van der Waals surface area contributed by atoms with E-state index in [1.165, 1.54) is 0 Å². The second kappa shape index (κ2) is 5.95. The predicted molar refractivity (Wildman–Crippen MR) is 74.9 cm³/mol. The quantitative estimate of drug-likeness (QED) is 0.801. The van der Waals surface area contributed by atoms with Crippen LogP contribution in [0.3, 0.4) is 0 Å². The summed E-state index contributed by atoms with van der Waals surface area (Å²) in [6.07, 6.45) is 1.21. The molecule has 2 unspecified atom stereocenters. The van der Waals surface area contributed by atoms with Crippen LogP contribution in [0.15, 0.2) is 28.7 Å². The third-order valence-electron chi connectivity index (χ3n) is 3.47. The minimum atomic E-state index is 0.143. The molecule has 3 nitrogen and oxygen atoms in total. The number of hydrogen-bond donors (Lipinski definition) is 0. The molecule has 0 radical (unpaired) electrons. The first-order valence-corrected chi connectivity index (χ1v) is 6.98. The van der Waals surface area contributed by atoms with Crippen LogP contribution in [0.5, 0.6) is 0 Å². The van der Waals surface area contributed by atoms with Gasteiger partial charge in [-0.3, -0.25) is 9.69 Å². The summed E-state index contributed by atoms with van der Waals surface area (Å²) in [5, 5.41) is 0. The zero-order valence-corrected chi connectivity index (χ0v) is 12.3. The van der Waals surface area contributed by atoms with Gasteiger partial charge in [0.2, 0.25) is 0 Å². The molecule has 0 saturated carbocycles. The number of benzene rings is 1. The van der Waals surface area contributed by atoms with Gasteiger partial charge in [-0.05, 0) is 26.5 Å². The number of Topliss-reactive ketones (excluding diaryl/α,β-unsaturated/α-hetero) is 1. The number of carbonyl (C=O) groups excluding carboxylic acids is 1. The van der Waals surface area contributed by atoms with Crippen molar-refractivity contribution < 1.29 is 9.53 Å². The molecule has 18 heavy (non-hydrogen) atoms. The van der Waals surface area contributed by atoms with Crippen molar-refractivity contribution >= 4 is 21.7 Å². The molecule has 0 aliphatic carbocycles. The summed E-state index contributed by atoms with van der Waals surface area (Å²) in [5.74, 6) is 0.143. The van der Waals surface area contributed by atoms with Crippen molar-refractivity contribution in [3.63, 3.8) is 0 Å². The summed E-state index contributed by atoms with van der Waals surface area (Å²) in [6, 6.07) is 7.90. The Morgan fingerprint density at radius 3 is 2.83 bits per heavy atom. The van der Waals surface area contributed by atoms with Crippen LogP contribution in [-0.4, -0.2) is 43.0 Å². The first-order valence-electron chi connectivity index (χ1n) is 6.19. The first kappa shape index (κ1) is 13.7. The van der Waals surface area contributed by atoms with Crippen molar-refractivity contribution in [3.8, 4) is 0 Å². The number of likely N-dealkylation sites (N-methyl/N-ethyl adjacent to an activating group) is 1. The largest absolute Gasteiger partial charge is 0.377 e. The maximum absolute atomic E-state index is 12.2. The normalized spacial score (nSPS) is 23.6. The molecule has 1 aliphatic heterocycles. The number of ketones is 1. The van der Waals surface area contributed by atoms with E-state index in [0.717, 1.165) is 23.1 Å². The second-order valence-electron chi connectivity index (χ2n) is 4.75. The Hall–Kier alpha value is -0.710. The zero-order chi connectivity index (χ0) is 13.1. The molecule has 2 rings (SSSR count). The molecule has 98 valence electrons. The van der Waals surface area contributed by atoms with Crippen molar-refractivity contribution in [1.82, 2.24) is 4.90 Å². The van der Waals surface area contributed by atoms with Crippen LogP contribution >= 0.6 is 15.9 Å². The number of ether oxygens (including phenoxy) is 1. The molecule has 0 bridgehead atoms. The van der Waals surface area contributed by atoms with Crippen LogP contribution in [0.1, 0.15) is 23.7 Å². The van der Waals surface area contributed by atoms with Crippen molar-refractivity contribution in [2.45, 2.75) is 25.5 Å². The summed E-state index contributed by atoms with van der Waals surface area (Å²) in [6.45, 7) is 3.29. The van der Waals surface area contributed by atoms with E-state index in [1.807, 2.05) is 31.3 Å². The lowest BCUT2D eigenvalue weighted by molar-refractivity contribution is 0.0745. The summed E-state index contributed by atoms with van der Waals surface area (Å²) < 4.78 is 6.40. The monoisotopic (exact) mass is 311 g/mol. The van der Waals surface area contributed by atoms with Gasteiger partial charge in [0.1, 0.15) is 0 Å². The lowest BCUT2D eigenvalue weighted by atomic mass is 10.1. The number of halogens is 1. The van der Waals surface area contributed by atoms with E-state index in [4.69, 9.17) is 4.74 Å². The number of hydrogen-bond acceptors (Lipinski definition) is 3. The van der Waals surface area contributed by atoms with Crippen LogP contribution in [-0.2, 0) is 4.74 Å². The van der Waals surface area contributed by atoms with Gasteiger partial charge >= 0.3 is 0 Å². The zero-order valence-electron chi connectivity index (χ0n) is 10.7. The smallest absolute Gasteiger partial charge is 0.177 e. The molecular weight excluding hydrogens is 294 g/mol. The molecule has 1 saturated heterocycles. The average Bonchev–Trinajstić information content (AvgIpc) is 2.76. The van der Waals surface area contributed by atoms with E-state index in [-0.39, 0.29) is 11.9 Å². The van der Waals surface area contributed by atoms with Gasteiger partial charge in [-0.1, -0.05) is 34.1 Å². The Morgan fingerprint density at radius 2 is 2.22 bits per heavy atom. The van der Waals surface area contributed by atoms with E-state index >= 15 is 0 Å². The van der Waals surface area contributed by atoms with Gasteiger partial charge in [-0.2, -0.15) is 0 Å². The Bertz CT molecular complexity index is 436. The van der Waals surface area contributed by atoms with E-state index < -0.39 is 0 Å². The summed E-state index contributed by atoms with van der Waals surface area (Å²) in [4.78, 5) is 14.3. The SMILES string of the molecule is CC1OCCC1N(C)CC(=O)c1ccccc1Br. The highest BCUT2D eigenvalue weighted by atomic mass is 79.9. The fourth-order valence-corrected chi connectivity index (χ4v) is 2.92. The van der Waals surface area contributed by atoms with Gasteiger partial charge in [0, 0.05) is 22.7 Å². The first-order chi connectivity index (χ1) is 8.59. The van der Waals surface area contributed by atoms with Crippen LogP contribution in [0.2, 0.25) is 0 Å². The van der Waals surface area contributed by atoms with Crippen molar-refractivity contribution in [3.05, 3.63) is 34.3 Å². The molecule has 2 atom stereocenters. The summed E-state index contributed by atoms with van der Waals surface area (Å²) in [5.41, 5.74) is 0.746. The van der Waals surface area contributed by atoms with Gasteiger partial charge in [-0.25, -0.2) is 0 Å². The number of carbonyl (C=O) groups is 1. The molecule has 0 N–H and O–H groups in total. The van der Waals surface area contributed by atoms with Gasteiger partial charge < -0.3 is 4.74 Å². The maximum Gasteiger partial charge on any atom is 0.177 e. The highest BCUT2D eigenvalue weighted by Crippen LogP contribution is 2.20. The van der Waals surface area contributed by atoms with Crippen LogP contribution < -0.4 is 0 Å². The van der Waals surface area contributed by atoms with Crippen molar-refractivity contribution in [1.29, 1.82) is 0 Å².